The molecule has 1 aliphatic carbocycles. The van der Waals surface area contributed by atoms with Gasteiger partial charge in [0, 0.05) is 12.8 Å². The molecular weight excluding hydrogens is 252 g/mol. The molecule has 20 heavy (non-hydrogen) atoms. The molecule has 1 aliphatic heterocycles. The molecule has 4 nitrogen and oxygen atoms in total. The van der Waals surface area contributed by atoms with Gasteiger partial charge in [-0.15, -0.1) is 0 Å². The monoisotopic (exact) mass is 276 g/mol. The van der Waals surface area contributed by atoms with Crippen LogP contribution in [0.25, 0.3) is 0 Å². The summed E-state index contributed by atoms with van der Waals surface area (Å²) in [7, 11) is 0. The molecule has 2 aliphatic rings. The van der Waals surface area contributed by atoms with E-state index in [1.165, 1.54) is 4.90 Å². The molecule has 4 heteroatoms. The summed E-state index contributed by atoms with van der Waals surface area (Å²) < 4.78 is 0. The van der Waals surface area contributed by atoms with Crippen molar-refractivity contribution in [2.24, 2.45) is 11.3 Å². The second-order valence-electron chi connectivity index (χ2n) is 7.14. The van der Waals surface area contributed by atoms with Gasteiger partial charge in [0.05, 0.1) is 6.07 Å². The van der Waals surface area contributed by atoms with Crippen LogP contribution in [-0.4, -0.2) is 22.3 Å². The van der Waals surface area contributed by atoms with Gasteiger partial charge in [0.25, 0.3) is 0 Å². The van der Waals surface area contributed by atoms with Gasteiger partial charge in [-0.05, 0) is 37.0 Å². The van der Waals surface area contributed by atoms with Crippen LogP contribution in [-0.2, 0) is 9.59 Å². The van der Waals surface area contributed by atoms with E-state index in [1.54, 1.807) is 0 Å². The summed E-state index contributed by atoms with van der Waals surface area (Å²) in [6.45, 7) is 6.03. The van der Waals surface area contributed by atoms with Crippen LogP contribution >= 0.6 is 0 Å². The van der Waals surface area contributed by atoms with Crippen molar-refractivity contribution in [1.29, 1.82) is 5.26 Å². The van der Waals surface area contributed by atoms with Gasteiger partial charge < -0.3 is 0 Å². The summed E-state index contributed by atoms with van der Waals surface area (Å²) in [6, 6.07) is 2.30. The highest BCUT2D eigenvalue weighted by atomic mass is 16.2. The largest absolute Gasteiger partial charge is 0.274 e. The molecule has 0 aromatic carbocycles. The summed E-state index contributed by atoms with van der Waals surface area (Å²) in [6.07, 6.45) is 4.98. The van der Waals surface area contributed by atoms with E-state index >= 15 is 0 Å². The molecule has 1 saturated carbocycles. The number of carbonyl (C=O) groups is 2. The number of rotatable bonds is 2. The lowest BCUT2D eigenvalue weighted by Gasteiger charge is -2.46. The van der Waals surface area contributed by atoms with Crippen LogP contribution in [0.4, 0.5) is 0 Å². The van der Waals surface area contributed by atoms with Crippen molar-refractivity contribution in [2.45, 2.75) is 71.3 Å². The topological polar surface area (TPSA) is 61.2 Å². The standard InChI is InChI=1S/C16H24N2O2/c1-4-12-5-7-16(11-17,8-6-12)18-13(19)9-15(2,3)10-14(18)20/h12H,4-10H2,1-3H3. The highest BCUT2D eigenvalue weighted by Crippen LogP contribution is 2.42. The van der Waals surface area contributed by atoms with Crippen molar-refractivity contribution in [3.05, 3.63) is 0 Å². The fourth-order valence-corrected chi connectivity index (χ4v) is 3.60. The minimum Gasteiger partial charge on any atom is -0.274 e. The Labute approximate surface area is 121 Å². The molecule has 2 fully saturated rings. The van der Waals surface area contributed by atoms with Crippen LogP contribution in [0.1, 0.15) is 65.7 Å². The smallest absolute Gasteiger partial charge is 0.231 e. The zero-order valence-corrected chi connectivity index (χ0v) is 12.7. The molecule has 0 unspecified atom stereocenters. The Kier molecular flexibility index (Phi) is 3.90. The van der Waals surface area contributed by atoms with Crippen LogP contribution in [0.2, 0.25) is 0 Å². The summed E-state index contributed by atoms with van der Waals surface area (Å²) in [5.41, 5.74) is -1.15. The van der Waals surface area contributed by atoms with Gasteiger partial charge in [-0.2, -0.15) is 5.26 Å². The lowest BCUT2D eigenvalue weighted by atomic mass is 9.73. The van der Waals surface area contributed by atoms with Crippen LogP contribution < -0.4 is 0 Å². The number of likely N-dealkylation sites (tertiary alicyclic amines) is 1. The number of piperidine rings is 1. The van der Waals surface area contributed by atoms with E-state index in [4.69, 9.17) is 0 Å². The zero-order chi connectivity index (χ0) is 15.0. The van der Waals surface area contributed by atoms with Gasteiger partial charge in [0.2, 0.25) is 11.8 Å². The molecule has 0 N–H and O–H groups in total. The zero-order valence-electron chi connectivity index (χ0n) is 12.7. The maximum atomic E-state index is 12.4. The Morgan fingerprint density at radius 3 is 2.10 bits per heavy atom. The third-order valence-electron chi connectivity index (χ3n) is 4.90. The van der Waals surface area contributed by atoms with Crippen molar-refractivity contribution >= 4 is 11.8 Å². The Hall–Kier alpha value is -1.37. The molecule has 0 radical (unpaired) electrons. The van der Waals surface area contributed by atoms with E-state index in [1.807, 2.05) is 13.8 Å². The number of hydrogen-bond acceptors (Lipinski definition) is 3. The van der Waals surface area contributed by atoms with Gasteiger partial charge >= 0.3 is 0 Å². The molecule has 2 rings (SSSR count). The van der Waals surface area contributed by atoms with Crippen molar-refractivity contribution in [3.63, 3.8) is 0 Å². The van der Waals surface area contributed by atoms with Crippen LogP contribution in [0.15, 0.2) is 0 Å². The molecule has 0 aromatic rings. The number of amides is 2. The van der Waals surface area contributed by atoms with Crippen LogP contribution in [0.5, 0.6) is 0 Å². The molecular formula is C16H24N2O2. The normalized spacial score (nSPS) is 33.9. The first kappa shape index (κ1) is 15.0. The molecule has 0 spiro atoms. The average molecular weight is 276 g/mol. The third kappa shape index (κ3) is 2.59. The summed E-state index contributed by atoms with van der Waals surface area (Å²) in [5.74, 6) is 0.299. The van der Waals surface area contributed by atoms with Gasteiger partial charge in [-0.1, -0.05) is 27.2 Å². The van der Waals surface area contributed by atoms with Crippen molar-refractivity contribution in [1.82, 2.24) is 4.90 Å². The van der Waals surface area contributed by atoms with E-state index in [0.717, 1.165) is 19.3 Å². The van der Waals surface area contributed by atoms with E-state index in [9.17, 15) is 14.9 Å². The minimum atomic E-state index is -0.879. The average Bonchev–Trinajstić information content (AvgIpc) is 2.37. The molecule has 1 heterocycles. The number of nitriles is 1. The van der Waals surface area contributed by atoms with E-state index < -0.39 is 5.54 Å². The molecule has 0 bridgehead atoms. The number of imide groups is 1. The molecule has 1 saturated heterocycles. The van der Waals surface area contributed by atoms with Crippen molar-refractivity contribution < 1.29 is 9.59 Å². The predicted molar refractivity (Wildman–Crippen MR) is 75.5 cm³/mol. The molecule has 0 aromatic heterocycles. The molecule has 2 amide bonds. The first-order valence-corrected chi connectivity index (χ1v) is 7.61. The van der Waals surface area contributed by atoms with E-state index in [-0.39, 0.29) is 17.2 Å². The number of nitrogens with zero attached hydrogens (tertiary/aromatic N) is 2. The van der Waals surface area contributed by atoms with Crippen molar-refractivity contribution in [2.75, 3.05) is 0 Å². The molecule has 110 valence electrons. The first-order valence-electron chi connectivity index (χ1n) is 7.61. The molecule has 0 atom stereocenters. The predicted octanol–water partition coefficient (Wildman–Crippen LogP) is 3.02. The van der Waals surface area contributed by atoms with Crippen LogP contribution in [0.3, 0.4) is 0 Å². The third-order valence-corrected chi connectivity index (χ3v) is 4.90. The SMILES string of the molecule is CCC1CCC(C#N)(N2C(=O)CC(C)(C)CC2=O)CC1. The second kappa shape index (κ2) is 5.20. The lowest BCUT2D eigenvalue weighted by molar-refractivity contribution is -0.159. The van der Waals surface area contributed by atoms with Gasteiger partial charge in [-0.3, -0.25) is 14.5 Å². The van der Waals surface area contributed by atoms with Crippen LogP contribution in [0, 0.1) is 22.7 Å². The van der Waals surface area contributed by atoms with Gasteiger partial charge in [0.15, 0.2) is 0 Å². The lowest BCUT2D eigenvalue weighted by Crippen LogP contribution is -2.59. The van der Waals surface area contributed by atoms with E-state index in [0.29, 0.717) is 31.6 Å². The summed E-state index contributed by atoms with van der Waals surface area (Å²) in [5, 5.41) is 9.62. The summed E-state index contributed by atoms with van der Waals surface area (Å²) >= 11 is 0. The first-order chi connectivity index (χ1) is 9.33. The maximum Gasteiger partial charge on any atom is 0.231 e. The van der Waals surface area contributed by atoms with Crippen molar-refractivity contribution in [3.8, 4) is 6.07 Å². The second-order valence-corrected chi connectivity index (χ2v) is 7.14. The fraction of sp³-hybridized carbons (Fsp3) is 0.812. The Balaban J connectivity index is 2.23. The highest BCUT2D eigenvalue weighted by molar-refractivity contribution is 5.99. The Morgan fingerprint density at radius 2 is 1.70 bits per heavy atom. The Bertz CT molecular complexity index is 434. The Morgan fingerprint density at radius 1 is 1.20 bits per heavy atom. The maximum absolute atomic E-state index is 12.4. The minimum absolute atomic E-state index is 0.164. The number of hydrogen-bond donors (Lipinski definition) is 0. The van der Waals surface area contributed by atoms with E-state index in [2.05, 4.69) is 13.0 Å². The number of carbonyl (C=O) groups excluding carboxylic acids is 2. The quantitative estimate of drug-likeness (QED) is 0.728. The fourth-order valence-electron chi connectivity index (χ4n) is 3.60. The van der Waals surface area contributed by atoms with Gasteiger partial charge in [0.1, 0.15) is 5.54 Å². The highest BCUT2D eigenvalue weighted by Gasteiger charge is 2.50. The van der Waals surface area contributed by atoms with Gasteiger partial charge in [-0.25, -0.2) is 0 Å². The summed E-state index contributed by atoms with van der Waals surface area (Å²) in [4.78, 5) is 26.1.